The van der Waals surface area contributed by atoms with Crippen LogP contribution in [0.3, 0.4) is 0 Å². The molecule has 144 valence electrons. The molecule has 1 aromatic rings. The summed E-state index contributed by atoms with van der Waals surface area (Å²) in [4.78, 5) is 29.7. The molecule has 2 rings (SSSR count). The average Bonchev–Trinajstić information content (AvgIpc) is 2.55. The van der Waals surface area contributed by atoms with E-state index in [4.69, 9.17) is 21.1 Å². The molecule has 0 N–H and O–H groups in total. The number of piperidine rings is 1. The van der Waals surface area contributed by atoms with Gasteiger partial charge >= 0.3 is 11.9 Å². The van der Waals surface area contributed by atoms with Crippen molar-refractivity contribution in [2.45, 2.75) is 46.1 Å². The third kappa shape index (κ3) is 5.06. The summed E-state index contributed by atoms with van der Waals surface area (Å²) in [6, 6.07) is 1.04. The number of halogens is 2. The van der Waals surface area contributed by atoms with Crippen molar-refractivity contribution in [1.29, 1.82) is 0 Å². The molecule has 0 atom stereocenters. The second-order valence-electron chi connectivity index (χ2n) is 7.15. The van der Waals surface area contributed by atoms with Crippen molar-refractivity contribution in [1.82, 2.24) is 4.98 Å². The van der Waals surface area contributed by atoms with Gasteiger partial charge in [0.2, 0.25) is 0 Å². The molecule has 1 aliphatic rings. The van der Waals surface area contributed by atoms with Crippen LogP contribution in [-0.4, -0.2) is 42.2 Å². The Kier molecular flexibility index (Phi) is 6.44. The van der Waals surface area contributed by atoms with Crippen molar-refractivity contribution in [3.63, 3.8) is 0 Å². The van der Waals surface area contributed by atoms with Gasteiger partial charge in [-0.15, -0.1) is 0 Å². The second kappa shape index (κ2) is 8.20. The van der Waals surface area contributed by atoms with Gasteiger partial charge in [0.25, 0.3) is 0 Å². The molecule has 6 nitrogen and oxygen atoms in total. The Balaban J connectivity index is 2.06. The van der Waals surface area contributed by atoms with E-state index in [-0.39, 0.29) is 35.0 Å². The van der Waals surface area contributed by atoms with Gasteiger partial charge in [0.1, 0.15) is 16.3 Å². The van der Waals surface area contributed by atoms with Crippen molar-refractivity contribution in [2.75, 3.05) is 24.6 Å². The van der Waals surface area contributed by atoms with Crippen LogP contribution in [0, 0.1) is 11.7 Å². The molecule has 2 heterocycles. The number of esters is 2. The minimum atomic E-state index is -0.709. The zero-order chi connectivity index (χ0) is 19.5. The summed E-state index contributed by atoms with van der Waals surface area (Å²) >= 11 is 6.02. The lowest BCUT2D eigenvalue weighted by Crippen LogP contribution is -2.39. The summed E-state index contributed by atoms with van der Waals surface area (Å²) in [5.74, 6) is -1.73. The fourth-order valence-corrected chi connectivity index (χ4v) is 2.96. The normalized spacial score (nSPS) is 15.7. The Labute approximate surface area is 157 Å². The number of carbonyl (C=O) groups is 2. The first-order valence-electron chi connectivity index (χ1n) is 8.63. The van der Waals surface area contributed by atoms with Crippen LogP contribution in [0.25, 0.3) is 0 Å². The molecule has 0 aliphatic carbocycles. The van der Waals surface area contributed by atoms with Gasteiger partial charge in [-0.3, -0.25) is 4.79 Å². The number of aromatic nitrogens is 1. The van der Waals surface area contributed by atoms with E-state index in [9.17, 15) is 14.0 Å². The topological polar surface area (TPSA) is 68.7 Å². The Morgan fingerprint density at radius 2 is 1.96 bits per heavy atom. The van der Waals surface area contributed by atoms with E-state index in [0.717, 1.165) is 6.07 Å². The quantitative estimate of drug-likeness (QED) is 0.581. The minimum absolute atomic E-state index is 0.0747. The fraction of sp³-hybridized carbons (Fsp3) is 0.611. The van der Waals surface area contributed by atoms with E-state index < -0.39 is 17.4 Å². The monoisotopic (exact) mass is 386 g/mol. The predicted octanol–water partition coefficient (Wildman–Crippen LogP) is 3.61. The van der Waals surface area contributed by atoms with E-state index in [1.165, 1.54) is 0 Å². The van der Waals surface area contributed by atoms with Crippen LogP contribution in [0.5, 0.6) is 0 Å². The van der Waals surface area contributed by atoms with Crippen molar-refractivity contribution < 1.29 is 23.5 Å². The molecule has 0 amide bonds. The lowest BCUT2D eigenvalue weighted by molar-refractivity contribution is -0.160. The standard InChI is InChI=1S/C18H24ClFN2O4/c1-5-25-17(24)12-10-13(20)15(21-14(12)19)22-8-6-11(7-9-22)16(23)26-18(2,3)4/h10-11H,5-9H2,1-4H3. The molecule has 0 radical (unpaired) electrons. The van der Waals surface area contributed by atoms with Gasteiger partial charge in [0.15, 0.2) is 11.6 Å². The van der Waals surface area contributed by atoms with Gasteiger partial charge in [-0.25, -0.2) is 14.2 Å². The first-order valence-corrected chi connectivity index (χ1v) is 9.01. The summed E-state index contributed by atoms with van der Waals surface area (Å²) in [7, 11) is 0. The van der Waals surface area contributed by atoms with Crippen LogP contribution in [-0.2, 0) is 14.3 Å². The highest BCUT2D eigenvalue weighted by molar-refractivity contribution is 6.32. The first kappa shape index (κ1) is 20.4. The first-order chi connectivity index (χ1) is 12.1. The third-order valence-corrected chi connectivity index (χ3v) is 4.23. The van der Waals surface area contributed by atoms with E-state index in [2.05, 4.69) is 4.98 Å². The number of anilines is 1. The molecule has 26 heavy (non-hydrogen) atoms. The number of hydrogen-bond donors (Lipinski definition) is 0. The Hall–Kier alpha value is -1.89. The lowest BCUT2D eigenvalue weighted by Gasteiger charge is -2.33. The third-order valence-electron chi connectivity index (χ3n) is 3.94. The maximum absolute atomic E-state index is 14.4. The highest BCUT2D eigenvalue weighted by atomic mass is 35.5. The minimum Gasteiger partial charge on any atom is -0.462 e. The molecular formula is C18H24ClFN2O4. The number of ether oxygens (including phenoxy) is 2. The van der Waals surface area contributed by atoms with Crippen molar-refractivity contribution in [3.05, 3.63) is 22.6 Å². The Bertz CT molecular complexity index is 683. The summed E-state index contributed by atoms with van der Waals surface area (Å²) in [5, 5.41) is -0.103. The van der Waals surface area contributed by atoms with Crippen molar-refractivity contribution in [3.8, 4) is 0 Å². The van der Waals surface area contributed by atoms with Crippen LogP contribution in [0.2, 0.25) is 5.15 Å². The highest BCUT2D eigenvalue weighted by Crippen LogP contribution is 2.29. The van der Waals surface area contributed by atoms with E-state index >= 15 is 0 Å². The summed E-state index contributed by atoms with van der Waals surface area (Å²) in [6.07, 6.45) is 1.07. The molecule has 1 aromatic heterocycles. The summed E-state index contributed by atoms with van der Waals surface area (Å²) in [6.45, 7) is 8.19. The number of rotatable bonds is 4. The van der Waals surface area contributed by atoms with Crippen LogP contribution < -0.4 is 4.90 Å². The lowest BCUT2D eigenvalue weighted by atomic mass is 9.96. The summed E-state index contributed by atoms with van der Waals surface area (Å²) in [5.41, 5.74) is -0.628. The Morgan fingerprint density at radius 3 is 2.50 bits per heavy atom. The van der Waals surface area contributed by atoms with Crippen molar-refractivity contribution in [2.24, 2.45) is 5.92 Å². The molecule has 0 aromatic carbocycles. The highest BCUT2D eigenvalue weighted by Gasteiger charge is 2.31. The van der Waals surface area contributed by atoms with E-state index in [0.29, 0.717) is 25.9 Å². The van der Waals surface area contributed by atoms with Gasteiger partial charge < -0.3 is 14.4 Å². The van der Waals surface area contributed by atoms with Gasteiger partial charge in [-0.05, 0) is 46.6 Å². The van der Waals surface area contributed by atoms with E-state index in [1.807, 2.05) is 20.8 Å². The number of carbonyl (C=O) groups excluding carboxylic acids is 2. The van der Waals surface area contributed by atoms with Gasteiger partial charge in [-0.2, -0.15) is 0 Å². The predicted molar refractivity (Wildman–Crippen MR) is 95.9 cm³/mol. The molecular weight excluding hydrogens is 363 g/mol. The summed E-state index contributed by atoms with van der Waals surface area (Å²) < 4.78 is 24.7. The molecule has 8 heteroatoms. The molecule has 0 saturated carbocycles. The molecule has 0 spiro atoms. The Morgan fingerprint density at radius 1 is 1.35 bits per heavy atom. The number of pyridine rings is 1. The van der Waals surface area contributed by atoms with Crippen molar-refractivity contribution >= 4 is 29.4 Å². The molecule has 1 fully saturated rings. The number of hydrogen-bond acceptors (Lipinski definition) is 6. The molecule has 1 saturated heterocycles. The van der Waals surface area contributed by atoms with Gasteiger partial charge in [0.05, 0.1) is 12.5 Å². The van der Waals surface area contributed by atoms with Crippen LogP contribution in [0.4, 0.5) is 10.2 Å². The smallest absolute Gasteiger partial charge is 0.341 e. The second-order valence-corrected chi connectivity index (χ2v) is 7.51. The zero-order valence-electron chi connectivity index (χ0n) is 15.5. The molecule has 1 aliphatic heterocycles. The van der Waals surface area contributed by atoms with Crippen LogP contribution >= 0.6 is 11.6 Å². The van der Waals surface area contributed by atoms with Crippen LogP contribution in [0.15, 0.2) is 6.07 Å². The molecule has 0 unspecified atom stereocenters. The van der Waals surface area contributed by atoms with E-state index in [1.54, 1.807) is 11.8 Å². The van der Waals surface area contributed by atoms with Gasteiger partial charge in [0, 0.05) is 13.1 Å². The maximum Gasteiger partial charge on any atom is 0.341 e. The maximum atomic E-state index is 14.4. The largest absolute Gasteiger partial charge is 0.462 e. The average molecular weight is 387 g/mol. The zero-order valence-corrected chi connectivity index (χ0v) is 16.2. The van der Waals surface area contributed by atoms with Crippen LogP contribution in [0.1, 0.15) is 50.9 Å². The molecule has 0 bridgehead atoms. The fourth-order valence-electron chi connectivity index (χ4n) is 2.74. The SMILES string of the molecule is CCOC(=O)c1cc(F)c(N2CCC(C(=O)OC(C)(C)C)CC2)nc1Cl. The number of nitrogens with zero attached hydrogens (tertiary/aromatic N) is 2. The van der Waals surface area contributed by atoms with Gasteiger partial charge in [-0.1, -0.05) is 11.6 Å².